The van der Waals surface area contributed by atoms with E-state index in [1.807, 2.05) is 0 Å². The number of rotatable bonds is 33. The lowest BCUT2D eigenvalue weighted by molar-refractivity contribution is -0.150. The summed E-state index contributed by atoms with van der Waals surface area (Å²) in [6, 6.07) is 0. The first-order chi connectivity index (χ1) is 20.1. The minimum Gasteiger partial charge on any atom is -0.481 e. The highest BCUT2D eigenvalue weighted by Crippen LogP contribution is 2.19. The SMILES string of the molecule is CCCC/C=C\CCCCCCCCC(=O)OC(CCCCCCC)CCCCCCCCCCCCCC(=O)O. The molecule has 41 heavy (non-hydrogen) atoms. The average molecular weight is 579 g/mol. The molecule has 1 unspecified atom stereocenters. The maximum absolute atomic E-state index is 12.6. The topological polar surface area (TPSA) is 63.6 Å². The maximum Gasteiger partial charge on any atom is 0.306 e. The van der Waals surface area contributed by atoms with Crippen LogP contribution in [0.5, 0.6) is 0 Å². The molecule has 4 nitrogen and oxygen atoms in total. The van der Waals surface area contributed by atoms with Crippen molar-refractivity contribution in [1.82, 2.24) is 0 Å². The van der Waals surface area contributed by atoms with Crippen LogP contribution in [0.4, 0.5) is 0 Å². The monoisotopic (exact) mass is 579 g/mol. The number of hydrogen-bond acceptors (Lipinski definition) is 3. The van der Waals surface area contributed by atoms with Crippen LogP contribution in [0.1, 0.15) is 206 Å². The summed E-state index contributed by atoms with van der Waals surface area (Å²) in [5.41, 5.74) is 0. The molecule has 242 valence electrons. The average Bonchev–Trinajstić information content (AvgIpc) is 2.95. The van der Waals surface area contributed by atoms with Crippen LogP contribution in [0.3, 0.4) is 0 Å². The lowest BCUT2D eigenvalue weighted by Crippen LogP contribution is -2.18. The number of hydrogen-bond donors (Lipinski definition) is 1. The highest BCUT2D eigenvalue weighted by atomic mass is 16.5. The zero-order valence-electron chi connectivity index (χ0n) is 27.6. The van der Waals surface area contributed by atoms with E-state index >= 15 is 0 Å². The molecule has 0 aromatic carbocycles. The zero-order valence-corrected chi connectivity index (χ0v) is 27.6. The Labute approximate surface area is 255 Å². The summed E-state index contributed by atoms with van der Waals surface area (Å²) >= 11 is 0. The molecular weight excluding hydrogens is 508 g/mol. The second-order valence-corrected chi connectivity index (χ2v) is 12.4. The smallest absolute Gasteiger partial charge is 0.306 e. The van der Waals surface area contributed by atoms with Gasteiger partial charge in [0.15, 0.2) is 0 Å². The van der Waals surface area contributed by atoms with Crippen LogP contribution >= 0.6 is 0 Å². The van der Waals surface area contributed by atoms with Gasteiger partial charge in [-0.15, -0.1) is 0 Å². The quantitative estimate of drug-likeness (QED) is 0.0478. The number of carboxylic acid groups (broad SMARTS) is 1. The molecule has 0 aliphatic heterocycles. The molecular formula is C37H70O4. The minimum absolute atomic E-state index is 0.0312. The van der Waals surface area contributed by atoms with Crippen molar-refractivity contribution >= 4 is 11.9 Å². The van der Waals surface area contributed by atoms with Crippen LogP contribution in [-0.2, 0) is 14.3 Å². The summed E-state index contributed by atoms with van der Waals surface area (Å²) in [7, 11) is 0. The van der Waals surface area contributed by atoms with Gasteiger partial charge in [-0.1, -0.05) is 148 Å². The van der Waals surface area contributed by atoms with Crippen LogP contribution in [0.2, 0.25) is 0 Å². The molecule has 4 heteroatoms. The van der Waals surface area contributed by atoms with Gasteiger partial charge in [0.25, 0.3) is 0 Å². The number of carbonyl (C=O) groups is 2. The molecule has 0 bridgehead atoms. The van der Waals surface area contributed by atoms with Gasteiger partial charge in [-0.25, -0.2) is 0 Å². The van der Waals surface area contributed by atoms with E-state index < -0.39 is 5.97 Å². The summed E-state index contributed by atoms with van der Waals surface area (Å²) in [6.45, 7) is 4.50. The van der Waals surface area contributed by atoms with Crippen LogP contribution in [0, 0.1) is 0 Å². The third-order valence-corrected chi connectivity index (χ3v) is 8.24. The number of aliphatic carboxylic acids is 1. The fourth-order valence-corrected chi connectivity index (χ4v) is 5.52. The summed E-state index contributed by atoms with van der Waals surface area (Å²) in [5.74, 6) is -0.640. The highest BCUT2D eigenvalue weighted by molar-refractivity contribution is 5.69. The molecule has 0 heterocycles. The molecule has 0 radical (unpaired) electrons. The van der Waals surface area contributed by atoms with Gasteiger partial charge < -0.3 is 9.84 Å². The lowest BCUT2D eigenvalue weighted by Gasteiger charge is -2.18. The third kappa shape index (κ3) is 33.1. The molecule has 0 aliphatic rings. The Morgan fingerprint density at radius 2 is 0.902 bits per heavy atom. The van der Waals surface area contributed by atoms with Gasteiger partial charge in [0.2, 0.25) is 0 Å². The number of allylic oxidation sites excluding steroid dienone is 2. The van der Waals surface area contributed by atoms with Crippen LogP contribution in [0.15, 0.2) is 12.2 Å². The Morgan fingerprint density at radius 1 is 0.512 bits per heavy atom. The van der Waals surface area contributed by atoms with E-state index in [-0.39, 0.29) is 12.1 Å². The van der Waals surface area contributed by atoms with Gasteiger partial charge >= 0.3 is 11.9 Å². The van der Waals surface area contributed by atoms with Gasteiger partial charge in [0.05, 0.1) is 0 Å². The molecule has 0 amide bonds. The van der Waals surface area contributed by atoms with Crippen molar-refractivity contribution in [2.45, 2.75) is 213 Å². The van der Waals surface area contributed by atoms with E-state index in [4.69, 9.17) is 9.84 Å². The summed E-state index contributed by atoms with van der Waals surface area (Å²) in [5, 5.41) is 8.68. The van der Waals surface area contributed by atoms with Crippen molar-refractivity contribution in [2.24, 2.45) is 0 Å². The molecule has 0 saturated heterocycles. The number of unbranched alkanes of at least 4 members (excludes halogenated alkanes) is 22. The van der Waals surface area contributed by atoms with Crippen molar-refractivity contribution in [3.8, 4) is 0 Å². The molecule has 0 rings (SSSR count). The Hall–Kier alpha value is -1.32. The van der Waals surface area contributed by atoms with Crippen molar-refractivity contribution in [3.05, 3.63) is 12.2 Å². The summed E-state index contributed by atoms with van der Waals surface area (Å²) in [4.78, 5) is 23.1. The highest BCUT2D eigenvalue weighted by Gasteiger charge is 2.14. The standard InChI is InChI=1S/C37H70O4/c1-3-5-7-9-10-11-12-16-19-22-26-30-34-37(40)41-35(31-27-23-8-6-4-2)32-28-24-20-17-14-13-15-18-21-25-29-33-36(38)39/h9-10,35H,3-8,11-34H2,1-2H3,(H,38,39)/b10-9-. The molecule has 0 aromatic heterocycles. The van der Waals surface area contributed by atoms with Crippen molar-refractivity contribution < 1.29 is 19.4 Å². The van der Waals surface area contributed by atoms with Gasteiger partial charge in [-0.05, 0) is 57.8 Å². The number of carbonyl (C=O) groups excluding carboxylic acids is 1. The van der Waals surface area contributed by atoms with Gasteiger partial charge in [-0.3, -0.25) is 9.59 Å². The van der Waals surface area contributed by atoms with Gasteiger partial charge in [0.1, 0.15) is 6.10 Å². The molecule has 0 spiro atoms. The van der Waals surface area contributed by atoms with Crippen LogP contribution in [-0.4, -0.2) is 23.1 Å². The van der Waals surface area contributed by atoms with Crippen molar-refractivity contribution in [3.63, 3.8) is 0 Å². The Balaban J connectivity index is 3.90. The molecule has 1 N–H and O–H groups in total. The third-order valence-electron chi connectivity index (χ3n) is 8.24. The van der Waals surface area contributed by atoms with E-state index in [1.165, 1.54) is 141 Å². The van der Waals surface area contributed by atoms with Crippen molar-refractivity contribution in [2.75, 3.05) is 0 Å². The molecule has 0 saturated carbocycles. The Kier molecular flexibility index (Phi) is 32.1. The number of ether oxygens (including phenoxy) is 1. The van der Waals surface area contributed by atoms with E-state index in [1.54, 1.807) is 0 Å². The molecule has 1 atom stereocenters. The second kappa shape index (κ2) is 33.2. The fraction of sp³-hybridized carbons (Fsp3) is 0.892. The normalized spacial score (nSPS) is 12.2. The van der Waals surface area contributed by atoms with Crippen LogP contribution in [0.25, 0.3) is 0 Å². The largest absolute Gasteiger partial charge is 0.481 e. The molecule has 0 aromatic rings. The number of carboxylic acids is 1. The fourth-order valence-electron chi connectivity index (χ4n) is 5.52. The summed E-state index contributed by atoms with van der Waals surface area (Å²) < 4.78 is 5.99. The van der Waals surface area contributed by atoms with E-state index in [2.05, 4.69) is 26.0 Å². The number of esters is 1. The minimum atomic E-state index is -0.672. The van der Waals surface area contributed by atoms with E-state index in [9.17, 15) is 9.59 Å². The van der Waals surface area contributed by atoms with Crippen LogP contribution < -0.4 is 0 Å². The second-order valence-electron chi connectivity index (χ2n) is 12.4. The predicted molar refractivity (Wildman–Crippen MR) is 177 cm³/mol. The predicted octanol–water partition coefficient (Wildman–Crippen LogP) is 12.3. The van der Waals surface area contributed by atoms with E-state index in [0.717, 1.165) is 38.5 Å². The van der Waals surface area contributed by atoms with Crippen molar-refractivity contribution in [1.29, 1.82) is 0 Å². The zero-order chi connectivity index (χ0) is 30.1. The lowest BCUT2D eigenvalue weighted by atomic mass is 10.0. The first-order valence-corrected chi connectivity index (χ1v) is 18.2. The van der Waals surface area contributed by atoms with Gasteiger partial charge in [0, 0.05) is 12.8 Å². The Bertz CT molecular complexity index is 585. The summed E-state index contributed by atoms with van der Waals surface area (Å²) in [6.07, 6.45) is 39.5. The maximum atomic E-state index is 12.6. The Morgan fingerprint density at radius 3 is 1.39 bits per heavy atom. The molecule has 0 fully saturated rings. The van der Waals surface area contributed by atoms with E-state index in [0.29, 0.717) is 12.8 Å². The molecule has 0 aliphatic carbocycles. The first kappa shape index (κ1) is 39.7. The van der Waals surface area contributed by atoms with Gasteiger partial charge in [-0.2, -0.15) is 0 Å². The first-order valence-electron chi connectivity index (χ1n) is 18.2.